The van der Waals surface area contributed by atoms with Crippen LogP contribution in [0.25, 0.3) is 0 Å². The molecule has 0 aromatic heterocycles. The summed E-state index contributed by atoms with van der Waals surface area (Å²) in [6.45, 7) is 6.42. The van der Waals surface area contributed by atoms with Crippen LogP contribution in [0.2, 0.25) is 0 Å². The van der Waals surface area contributed by atoms with Crippen LogP contribution in [0.5, 0.6) is 0 Å². The minimum absolute atomic E-state index is 0.000557. The predicted molar refractivity (Wildman–Crippen MR) is 76.5 cm³/mol. The van der Waals surface area contributed by atoms with Gasteiger partial charge in [-0.3, -0.25) is 4.79 Å². The maximum absolute atomic E-state index is 13.4. The van der Waals surface area contributed by atoms with Crippen molar-refractivity contribution >= 4 is 11.6 Å². The first-order valence-electron chi connectivity index (χ1n) is 6.94. The molecule has 112 valence electrons. The van der Waals surface area contributed by atoms with E-state index < -0.39 is 17.3 Å². The predicted octanol–water partition coefficient (Wildman–Crippen LogP) is 3.59. The molecule has 0 saturated carbocycles. The Hall–Kier alpha value is -1.65. The average molecular weight is 284 g/mol. The summed E-state index contributed by atoms with van der Waals surface area (Å²) in [6, 6.07) is 1.97. The molecule has 0 saturated heterocycles. The van der Waals surface area contributed by atoms with Crippen molar-refractivity contribution in [3.8, 4) is 0 Å². The highest BCUT2D eigenvalue weighted by molar-refractivity contribution is 5.94. The highest BCUT2D eigenvalue weighted by Crippen LogP contribution is 2.19. The molecule has 20 heavy (non-hydrogen) atoms. The molecule has 1 aromatic carbocycles. The van der Waals surface area contributed by atoms with E-state index in [-0.39, 0.29) is 17.5 Å². The summed E-state index contributed by atoms with van der Waals surface area (Å²) in [5, 5.41) is 0. The van der Waals surface area contributed by atoms with Crippen molar-refractivity contribution in [3.05, 3.63) is 29.3 Å². The number of unbranched alkanes of at least 4 members (excludes halogenated alkanes) is 2. The summed E-state index contributed by atoms with van der Waals surface area (Å²) in [5.74, 6) is -2.16. The first-order valence-corrected chi connectivity index (χ1v) is 6.94. The number of nitrogens with two attached hydrogens (primary N) is 1. The van der Waals surface area contributed by atoms with Gasteiger partial charge < -0.3 is 10.6 Å². The molecule has 3 nitrogen and oxygen atoms in total. The number of anilines is 1. The molecule has 0 spiro atoms. The molecule has 0 heterocycles. The fourth-order valence-corrected chi connectivity index (χ4v) is 2.00. The van der Waals surface area contributed by atoms with Gasteiger partial charge in [0.15, 0.2) is 0 Å². The van der Waals surface area contributed by atoms with Crippen LogP contribution in [0.15, 0.2) is 12.1 Å². The highest BCUT2D eigenvalue weighted by atomic mass is 19.1. The Morgan fingerprint density at radius 1 is 1.25 bits per heavy atom. The third-order valence-electron chi connectivity index (χ3n) is 3.21. The van der Waals surface area contributed by atoms with E-state index in [0.29, 0.717) is 6.54 Å². The summed E-state index contributed by atoms with van der Waals surface area (Å²) < 4.78 is 26.9. The van der Waals surface area contributed by atoms with E-state index in [1.807, 2.05) is 13.8 Å². The monoisotopic (exact) mass is 284 g/mol. The quantitative estimate of drug-likeness (QED) is 0.641. The van der Waals surface area contributed by atoms with Gasteiger partial charge in [0.05, 0.1) is 0 Å². The van der Waals surface area contributed by atoms with Crippen LogP contribution >= 0.6 is 0 Å². The minimum atomic E-state index is -0.898. The number of nitrogens with zero attached hydrogens (tertiary/aromatic N) is 1. The molecule has 0 fully saturated rings. The zero-order valence-corrected chi connectivity index (χ0v) is 12.2. The molecule has 5 heteroatoms. The molecule has 1 aromatic rings. The van der Waals surface area contributed by atoms with Crippen LogP contribution in [-0.2, 0) is 0 Å². The van der Waals surface area contributed by atoms with Gasteiger partial charge in [0.1, 0.15) is 17.3 Å². The van der Waals surface area contributed by atoms with E-state index in [2.05, 4.69) is 6.92 Å². The number of hydrogen-bond donors (Lipinski definition) is 1. The van der Waals surface area contributed by atoms with Gasteiger partial charge in [0.25, 0.3) is 5.91 Å². The Labute approximate surface area is 118 Å². The Balaban J connectivity index is 2.94. The normalized spacial score (nSPS) is 10.9. The Morgan fingerprint density at radius 2 is 1.80 bits per heavy atom. The molecule has 0 aliphatic rings. The van der Waals surface area contributed by atoms with Gasteiger partial charge in [-0.05, 0) is 32.4 Å². The smallest absolute Gasteiger partial charge is 0.254 e. The van der Waals surface area contributed by atoms with Crippen molar-refractivity contribution in [3.63, 3.8) is 0 Å². The third kappa shape index (κ3) is 3.92. The van der Waals surface area contributed by atoms with Gasteiger partial charge in [-0.1, -0.05) is 19.8 Å². The Morgan fingerprint density at radius 3 is 2.25 bits per heavy atom. The summed E-state index contributed by atoms with van der Waals surface area (Å²) in [7, 11) is 0. The minimum Gasteiger partial charge on any atom is -0.394 e. The van der Waals surface area contributed by atoms with Crippen LogP contribution in [0.1, 0.15) is 50.4 Å². The molecule has 2 N–H and O–H groups in total. The van der Waals surface area contributed by atoms with Gasteiger partial charge in [0, 0.05) is 18.2 Å². The molecule has 0 radical (unpaired) electrons. The lowest BCUT2D eigenvalue weighted by molar-refractivity contribution is 0.0701. The SMILES string of the molecule is CCCCCN(C(=O)c1cc(F)c(N)c(F)c1)C(C)C. The van der Waals surface area contributed by atoms with Gasteiger partial charge in [-0.2, -0.15) is 0 Å². The molecule has 0 atom stereocenters. The number of rotatable bonds is 6. The molecule has 0 bridgehead atoms. The van der Waals surface area contributed by atoms with Crippen molar-refractivity contribution in [1.82, 2.24) is 4.90 Å². The molecular weight excluding hydrogens is 262 g/mol. The van der Waals surface area contributed by atoms with E-state index in [4.69, 9.17) is 5.73 Å². The van der Waals surface area contributed by atoms with Crippen LogP contribution in [0, 0.1) is 11.6 Å². The van der Waals surface area contributed by atoms with Crippen LogP contribution in [0.3, 0.4) is 0 Å². The fraction of sp³-hybridized carbons (Fsp3) is 0.533. The lowest BCUT2D eigenvalue weighted by Crippen LogP contribution is -2.37. The number of halogens is 2. The maximum atomic E-state index is 13.4. The molecule has 0 aliphatic heterocycles. The first-order chi connectivity index (χ1) is 9.38. The van der Waals surface area contributed by atoms with Crippen LogP contribution in [0.4, 0.5) is 14.5 Å². The van der Waals surface area contributed by atoms with E-state index >= 15 is 0 Å². The van der Waals surface area contributed by atoms with Crippen molar-refractivity contribution in [2.45, 2.75) is 46.1 Å². The van der Waals surface area contributed by atoms with Gasteiger partial charge in [0.2, 0.25) is 0 Å². The maximum Gasteiger partial charge on any atom is 0.254 e. The van der Waals surface area contributed by atoms with Gasteiger partial charge in [-0.15, -0.1) is 0 Å². The standard InChI is InChI=1S/C15H22F2N2O/c1-4-5-6-7-19(10(2)3)15(20)11-8-12(16)14(18)13(17)9-11/h8-10H,4-7,18H2,1-3H3. The largest absolute Gasteiger partial charge is 0.394 e. The van der Waals surface area contributed by atoms with E-state index in [9.17, 15) is 13.6 Å². The van der Waals surface area contributed by atoms with Crippen molar-refractivity contribution in [1.29, 1.82) is 0 Å². The second kappa shape index (κ2) is 7.22. The number of carbonyl (C=O) groups is 1. The van der Waals surface area contributed by atoms with Crippen molar-refractivity contribution in [2.75, 3.05) is 12.3 Å². The lowest BCUT2D eigenvalue weighted by atomic mass is 10.1. The van der Waals surface area contributed by atoms with Gasteiger partial charge >= 0.3 is 0 Å². The number of amides is 1. The van der Waals surface area contributed by atoms with E-state index in [0.717, 1.165) is 31.4 Å². The molecular formula is C15H22F2N2O. The van der Waals surface area contributed by atoms with Crippen LogP contribution < -0.4 is 5.73 Å². The van der Waals surface area contributed by atoms with E-state index in [1.54, 1.807) is 4.90 Å². The third-order valence-corrected chi connectivity index (χ3v) is 3.21. The molecule has 0 aliphatic carbocycles. The summed E-state index contributed by atoms with van der Waals surface area (Å²) in [6.07, 6.45) is 2.94. The number of nitrogen functional groups attached to an aromatic ring is 1. The molecule has 0 unspecified atom stereocenters. The summed E-state index contributed by atoms with van der Waals surface area (Å²) in [4.78, 5) is 14.0. The van der Waals surface area contributed by atoms with Crippen molar-refractivity contribution in [2.24, 2.45) is 0 Å². The Bertz CT molecular complexity index is 452. The zero-order valence-electron chi connectivity index (χ0n) is 12.2. The highest BCUT2D eigenvalue weighted by Gasteiger charge is 2.20. The second-order valence-corrected chi connectivity index (χ2v) is 5.15. The van der Waals surface area contributed by atoms with Crippen molar-refractivity contribution < 1.29 is 13.6 Å². The second-order valence-electron chi connectivity index (χ2n) is 5.15. The molecule has 1 rings (SSSR count). The van der Waals surface area contributed by atoms with Crippen LogP contribution in [-0.4, -0.2) is 23.4 Å². The number of hydrogen-bond acceptors (Lipinski definition) is 2. The zero-order chi connectivity index (χ0) is 15.3. The topological polar surface area (TPSA) is 46.3 Å². The number of carbonyl (C=O) groups excluding carboxylic acids is 1. The lowest BCUT2D eigenvalue weighted by Gasteiger charge is -2.27. The Kier molecular flexibility index (Phi) is 5.92. The molecule has 1 amide bonds. The first kappa shape index (κ1) is 16.4. The summed E-state index contributed by atoms with van der Waals surface area (Å²) in [5.41, 5.74) is 4.66. The average Bonchev–Trinajstić information content (AvgIpc) is 2.39. The number of benzene rings is 1. The fourth-order valence-electron chi connectivity index (χ4n) is 2.00. The van der Waals surface area contributed by atoms with Gasteiger partial charge in [-0.25, -0.2) is 8.78 Å². The van der Waals surface area contributed by atoms with E-state index in [1.165, 1.54) is 0 Å². The summed E-state index contributed by atoms with van der Waals surface area (Å²) >= 11 is 0.